The number of amides is 3. The van der Waals surface area contributed by atoms with Crippen LogP contribution in [0.3, 0.4) is 0 Å². The fraction of sp³-hybridized carbons (Fsp3) is 0.750. The quantitative estimate of drug-likeness (QED) is 0.0388. The van der Waals surface area contributed by atoms with Crippen molar-refractivity contribution in [3.8, 4) is 0 Å². The van der Waals surface area contributed by atoms with E-state index in [4.69, 9.17) is 11.6 Å². The topological polar surface area (TPSA) is 371 Å². The zero-order valence-corrected chi connectivity index (χ0v) is 37.4. The summed E-state index contributed by atoms with van der Waals surface area (Å²) in [7, 11) is 0. The van der Waals surface area contributed by atoms with E-state index >= 15 is 0 Å². The maximum atomic E-state index is 12.7. The smallest absolute Gasteiger partial charge is 0.326 e. The third kappa shape index (κ3) is 32.8. The minimum absolute atomic E-state index is 0.103. The van der Waals surface area contributed by atoms with Crippen molar-refractivity contribution in [1.82, 2.24) is 16.0 Å². The summed E-state index contributed by atoms with van der Waals surface area (Å²) >= 11 is 0. The number of nitrogens with two attached hydrogens (primary N) is 1. The van der Waals surface area contributed by atoms with E-state index in [1.54, 1.807) is 0 Å². The van der Waals surface area contributed by atoms with Gasteiger partial charge >= 0.3 is 35.8 Å². The van der Waals surface area contributed by atoms with Gasteiger partial charge in [-0.1, -0.05) is 64.2 Å². The lowest BCUT2D eigenvalue weighted by atomic mass is 9.93. The van der Waals surface area contributed by atoms with Crippen molar-refractivity contribution in [3.63, 3.8) is 0 Å². The van der Waals surface area contributed by atoms with Gasteiger partial charge < -0.3 is 52.3 Å². The highest BCUT2D eigenvalue weighted by atomic mass is 16.4. The molecule has 5 atom stereocenters. The summed E-state index contributed by atoms with van der Waals surface area (Å²) in [5.41, 5.74) is 1.91. The molecule has 3 amide bonds. The SMILES string of the molecule is [2H]N[C@@H](CCCCNC(=O)CC[C@H](CC(=O)CC[C@H](NC(=O)CC[C@H](CC(=O)CC[C@H](NC(=O)CCCCCCCCCCCCCCC(=O)O)C(=O)O)C(=O)O)C(=O)O)C(=O)O)C(=O)O. The minimum Gasteiger partial charge on any atom is -0.481 e. The van der Waals surface area contributed by atoms with E-state index in [9.17, 15) is 73.2 Å². The van der Waals surface area contributed by atoms with Crippen molar-refractivity contribution >= 4 is 65.1 Å². The average Bonchev–Trinajstić information content (AvgIpc) is 3.24. The predicted octanol–water partition coefficient (Wildman–Crippen LogP) is 3.81. The predicted molar refractivity (Wildman–Crippen MR) is 232 cm³/mol. The first-order chi connectivity index (χ1) is 31.3. The van der Waals surface area contributed by atoms with Gasteiger partial charge in [0.15, 0.2) is 0 Å². The van der Waals surface area contributed by atoms with Gasteiger partial charge in [0, 0.05) is 57.9 Å². The number of ketones is 2. The number of Topliss-reactive ketones (excluding diaryl/α,β-unsaturated/α-hetero) is 2. The summed E-state index contributed by atoms with van der Waals surface area (Å²) in [5.74, 6) is -13.4. The van der Waals surface area contributed by atoms with Crippen molar-refractivity contribution < 1.29 is 84.8 Å². The second-order valence-corrected chi connectivity index (χ2v) is 16.5. The van der Waals surface area contributed by atoms with Crippen molar-refractivity contribution in [2.24, 2.45) is 17.6 Å². The largest absolute Gasteiger partial charge is 0.481 e. The molecule has 0 unspecified atom stereocenters. The van der Waals surface area contributed by atoms with Gasteiger partial charge in [0.05, 0.1) is 11.8 Å². The normalized spacial score (nSPS) is 13.5. The summed E-state index contributed by atoms with van der Waals surface area (Å²) in [5, 5.41) is 63.2. The first kappa shape index (κ1) is 57.5. The third-order valence-electron chi connectivity index (χ3n) is 10.9. The Bertz CT molecular complexity index is 1580. The zero-order chi connectivity index (χ0) is 49.9. The Morgan fingerprint density at radius 2 is 0.800 bits per heavy atom. The number of hydrogen-bond donors (Lipinski definition) is 10. The van der Waals surface area contributed by atoms with Gasteiger partial charge in [-0.25, -0.2) is 9.59 Å². The lowest BCUT2D eigenvalue weighted by Crippen LogP contribution is -2.41. The molecule has 0 aromatic rings. The third-order valence-corrected chi connectivity index (χ3v) is 10.9. The number of unbranched alkanes of at least 4 members (excludes halogenated alkanes) is 12. The molecule has 0 spiro atoms. The first-order valence-electron chi connectivity index (χ1n) is 23.2. The Labute approximate surface area is 380 Å². The number of carbonyl (C=O) groups excluding carboxylic acids is 5. The van der Waals surface area contributed by atoms with Gasteiger partial charge in [0.1, 0.15) is 31.1 Å². The molecule has 11 N–H and O–H groups in total. The van der Waals surface area contributed by atoms with E-state index in [1.807, 2.05) is 5.73 Å². The zero-order valence-electron chi connectivity index (χ0n) is 38.4. The highest BCUT2D eigenvalue weighted by Gasteiger charge is 2.28. The Hall–Kier alpha value is -5.47. The molecule has 370 valence electrons. The Morgan fingerprint density at radius 1 is 0.400 bits per heavy atom. The number of rotatable bonds is 44. The first-order valence-corrected chi connectivity index (χ1v) is 22.7. The highest BCUT2D eigenvalue weighted by molar-refractivity contribution is 5.88. The van der Waals surface area contributed by atoms with Crippen LogP contribution in [0.4, 0.5) is 0 Å². The number of aliphatic carboxylic acids is 6. The standard InChI is InChI=1S/C44H72N4O17/c45-33(42(60)61)15-13-14-26-46-36(51)24-18-29(40(56)57)27-31(49)21-23-35(44(64)65)48-38(53)25-19-30(41(58)59)28-32(50)20-22-34(43(62)63)47-37(52)16-11-9-7-5-3-1-2-4-6-8-10-12-17-39(54)55/h29-30,33-35H,1-28,45H2,(H,46,51)(H,47,52)(H,48,53)(H,54,55)(H,56,57)(H,58,59)(H,60,61)(H,62,63)(H,64,65)/t29-,30-,33+,34+,35+/m1/s1/i/hD. The van der Waals surface area contributed by atoms with E-state index in [-0.39, 0.29) is 57.9 Å². The molecule has 0 aliphatic carbocycles. The monoisotopic (exact) mass is 929 g/mol. The van der Waals surface area contributed by atoms with E-state index in [1.165, 1.54) is 0 Å². The van der Waals surface area contributed by atoms with Gasteiger partial charge in [0.2, 0.25) is 17.7 Å². The number of carboxylic acids is 6. The Kier molecular flexibility index (Phi) is 31.7. The maximum absolute atomic E-state index is 12.7. The summed E-state index contributed by atoms with van der Waals surface area (Å²) < 4.78 is 6.98. The number of carboxylic acid groups (broad SMARTS) is 6. The van der Waals surface area contributed by atoms with Crippen LogP contribution in [0.1, 0.15) is 173 Å². The number of hydrogen-bond acceptors (Lipinski definition) is 12. The lowest BCUT2D eigenvalue weighted by molar-refractivity contribution is -0.145. The molecule has 0 aromatic carbocycles. The van der Waals surface area contributed by atoms with E-state index in [2.05, 4.69) is 16.0 Å². The van der Waals surface area contributed by atoms with Crippen LogP contribution in [0.15, 0.2) is 0 Å². The van der Waals surface area contributed by atoms with Crippen LogP contribution in [0.2, 0.25) is 1.41 Å². The molecule has 0 bridgehead atoms. The van der Waals surface area contributed by atoms with Crippen LogP contribution < -0.4 is 21.7 Å². The van der Waals surface area contributed by atoms with Gasteiger partial charge in [-0.2, -0.15) is 0 Å². The number of carbonyl (C=O) groups is 11. The van der Waals surface area contributed by atoms with Gasteiger partial charge in [0.25, 0.3) is 0 Å². The minimum atomic E-state index is -1.59. The molecular formula is C44H72N4O17. The molecule has 0 saturated heterocycles. The molecule has 0 aromatic heterocycles. The lowest BCUT2D eigenvalue weighted by Gasteiger charge is -2.17. The Balaban J connectivity index is 4.63. The van der Waals surface area contributed by atoms with Gasteiger partial charge in [-0.15, -0.1) is 0 Å². The van der Waals surface area contributed by atoms with Crippen molar-refractivity contribution in [2.75, 3.05) is 6.54 Å². The van der Waals surface area contributed by atoms with Crippen LogP contribution in [0.25, 0.3) is 0 Å². The maximum Gasteiger partial charge on any atom is 0.326 e. The molecule has 21 nitrogen and oxygen atoms in total. The second-order valence-electron chi connectivity index (χ2n) is 16.5. The number of nitrogens with one attached hydrogen (secondary N) is 3. The molecule has 0 saturated carbocycles. The molecule has 0 radical (unpaired) electrons. The fourth-order valence-electron chi connectivity index (χ4n) is 6.89. The molecule has 0 fully saturated rings. The van der Waals surface area contributed by atoms with Gasteiger partial charge in [-0.3, -0.25) is 43.2 Å². The van der Waals surface area contributed by atoms with Gasteiger partial charge in [-0.05, 0) is 57.8 Å². The van der Waals surface area contributed by atoms with Crippen LogP contribution in [0.5, 0.6) is 0 Å². The van der Waals surface area contributed by atoms with Crippen LogP contribution >= 0.6 is 0 Å². The molecule has 0 aliphatic heterocycles. The Morgan fingerprint density at radius 3 is 1.18 bits per heavy atom. The van der Waals surface area contributed by atoms with E-state index in [0.717, 1.165) is 64.2 Å². The van der Waals surface area contributed by atoms with Crippen molar-refractivity contribution in [1.29, 1.82) is 0 Å². The molecule has 65 heavy (non-hydrogen) atoms. The highest BCUT2D eigenvalue weighted by Crippen LogP contribution is 2.18. The molecule has 21 heteroatoms. The fourth-order valence-corrected chi connectivity index (χ4v) is 6.89. The van der Waals surface area contributed by atoms with Crippen molar-refractivity contribution in [2.45, 2.75) is 191 Å². The average molecular weight is 930 g/mol. The van der Waals surface area contributed by atoms with E-state index < -0.39 is 127 Å². The summed E-state index contributed by atoms with van der Waals surface area (Å²) in [6, 6.07) is -4.02. The summed E-state index contributed by atoms with van der Waals surface area (Å²) in [6.07, 6.45) is 8.81. The molecule has 0 rings (SSSR count). The van der Waals surface area contributed by atoms with Crippen LogP contribution in [-0.2, 0) is 52.7 Å². The second kappa shape index (κ2) is 35.8. The van der Waals surface area contributed by atoms with E-state index in [0.29, 0.717) is 25.7 Å². The molecular weight excluding hydrogens is 856 g/mol. The van der Waals surface area contributed by atoms with Crippen LogP contribution in [0, 0.1) is 11.8 Å². The molecule has 0 aliphatic rings. The molecule has 0 heterocycles. The summed E-state index contributed by atoms with van der Waals surface area (Å²) in [4.78, 5) is 131. The van der Waals surface area contributed by atoms with Crippen molar-refractivity contribution in [3.05, 3.63) is 0 Å². The summed E-state index contributed by atoms with van der Waals surface area (Å²) in [6.45, 7) is 0.182. The van der Waals surface area contributed by atoms with Crippen LogP contribution in [-0.4, -0.2) is 120 Å².